The van der Waals surface area contributed by atoms with Crippen molar-refractivity contribution < 1.29 is 19.8 Å². The quantitative estimate of drug-likeness (QED) is 0.449. The van der Waals surface area contributed by atoms with Gasteiger partial charge in [0.2, 0.25) is 0 Å². The third kappa shape index (κ3) is 5.16. The fourth-order valence-electron chi connectivity index (χ4n) is 4.80. The Balaban J connectivity index is 1.72. The lowest BCUT2D eigenvalue weighted by Crippen LogP contribution is -2.31. The topological polar surface area (TPSA) is 104 Å². The number of nitrogens with zero attached hydrogens (tertiary/aromatic N) is 2. The van der Waals surface area contributed by atoms with Crippen LogP contribution in [0.1, 0.15) is 40.4 Å². The molecular weight excluding hydrogens is 454 g/mol. The molecule has 2 heterocycles. The summed E-state index contributed by atoms with van der Waals surface area (Å²) in [4.78, 5) is 23.4. The monoisotopic (exact) mass is 481 g/mol. The normalized spacial score (nSPS) is 16.5. The zero-order chi connectivity index (χ0) is 24.2. The Bertz CT molecular complexity index is 1190. The van der Waals surface area contributed by atoms with Gasteiger partial charge in [-0.15, -0.1) is 0 Å². The summed E-state index contributed by atoms with van der Waals surface area (Å²) in [6, 6.07) is 15.9. The van der Waals surface area contributed by atoms with Crippen LogP contribution in [0.15, 0.2) is 48.5 Å². The number of aryl methyl sites for hydroxylation is 3. The van der Waals surface area contributed by atoms with E-state index in [4.69, 9.17) is 16.7 Å². The van der Waals surface area contributed by atoms with Gasteiger partial charge in [-0.25, -0.2) is 4.68 Å². The Morgan fingerprint density at radius 3 is 2.65 bits per heavy atom. The number of aliphatic carboxylic acids is 2. The Morgan fingerprint density at radius 2 is 1.94 bits per heavy atom. The summed E-state index contributed by atoms with van der Waals surface area (Å²) in [5.74, 6) is -3.78. The lowest BCUT2D eigenvalue weighted by Gasteiger charge is -2.25. The summed E-state index contributed by atoms with van der Waals surface area (Å²) in [5.41, 5.74) is 5.61. The first-order valence-corrected chi connectivity index (χ1v) is 11.8. The zero-order valence-electron chi connectivity index (χ0n) is 19.0. The largest absolute Gasteiger partial charge is 0.481 e. The van der Waals surface area contributed by atoms with Crippen molar-refractivity contribution in [3.05, 3.63) is 81.6 Å². The molecule has 2 aromatic carbocycles. The third-order valence-electron chi connectivity index (χ3n) is 6.45. The maximum Gasteiger partial charge on any atom is 0.307 e. The molecule has 7 nitrogen and oxygen atoms in total. The van der Waals surface area contributed by atoms with Crippen LogP contribution >= 0.6 is 11.6 Å². The molecule has 34 heavy (non-hydrogen) atoms. The Labute approximate surface area is 203 Å². The molecule has 0 radical (unpaired) electrons. The summed E-state index contributed by atoms with van der Waals surface area (Å²) in [5, 5.41) is 27.8. The van der Waals surface area contributed by atoms with Gasteiger partial charge in [0.05, 0.1) is 28.7 Å². The molecule has 3 aromatic rings. The van der Waals surface area contributed by atoms with Gasteiger partial charge < -0.3 is 15.5 Å². The number of fused-ring (bicyclic) bond motifs is 1. The molecule has 0 saturated carbocycles. The van der Waals surface area contributed by atoms with Crippen LogP contribution in [0.3, 0.4) is 0 Å². The van der Waals surface area contributed by atoms with Gasteiger partial charge in [0, 0.05) is 18.2 Å². The van der Waals surface area contributed by atoms with E-state index in [1.165, 1.54) is 5.56 Å². The number of halogens is 1. The van der Waals surface area contributed by atoms with Gasteiger partial charge in [0.15, 0.2) is 0 Å². The number of nitrogens with one attached hydrogen (secondary N) is 1. The van der Waals surface area contributed by atoms with Gasteiger partial charge in [-0.1, -0.05) is 48.0 Å². The maximum atomic E-state index is 12.0. The number of hydrogen-bond acceptors (Lipinski definition) is 4. The van der Waals surface area contributed by atoms with Gasteiger partial charge in [-0.2, -0.15) is 5.10 Å². The summed E-state index contributed by atoms with van der Waals surface area (Å²) >= 11 is 6.69. The highest BCUT2D eigenvalue weighted by atomic mass is 35.5. The molecule has 0 fully saturated rings. The average Bonchev–Trinajstić information content (AvgIpc) is 3.03. The highest BCUT2D eigenvalue weighted by Crippen LogP contribution is 2.37. The first-order chi connectivity index (χ1) is 16.3. The van der Waals surface area contributed by atoms with Crippen LogP contribution in [0.25, 0.3) is 5.69 Å². The van der Waals surface area contributed by atoms with Crippen molar-refractivity contribution in [3.8, 4) is 5.69 Å². The second kappa shape index (κ2) is 10.4. The Kier molecular flexibility index (Phi) is 7.34. The smallest absolute Gasteiger partial charge is 0.307 e. The zero-order valence-corrected chi connectivity index (χ0v) is 19.8. The molecule has 1 aliphatic heterocycles. The van der Waals surface area contributed by atoms with Crippen LogP contribution < -0.4 is 5.32 Å². The SMILES string of the molecule is Cc1cc(CCc2ccccc2)nn1-c1c(Cl)ccc2c1CCNCC2C(CC(=O)O)C(=O)O. The predicted octanol–water partition coefficient (Wildman–Crippen LogP) is 4.02. The van der Waals surface area contributed by atoms with Crippen molar-refractivity contribution >= 4 is 23.5 Å². The molecule has 2 unspecified atom stereocenters. The van der Waals surface area contributed by atoms with Crippen LogP contribution in [0.4, 0.5) is 0 Å². The summed E-state index contributed by atoms with van der Waals surface area (Å²) < 4.78 is 1.84. The average molecular weight is 482 g/mol. The molecule has 0 amide bonds. The number of carboxylic acid groups (broad SMARTS) is 2. The van der Waals surface area contributed by atoms with Crippen molar-refractivity contribution in [3.63, 3.8) is 0 Å². The first kappa shape index (κ1) is 24.0. The molecule has 0 spiro atoms. The minimum absolute atomic E-state index is 0.388. The highest BCUT2D eigenvalue weighted by molar-refractivity contribution is 6.32. The van der Waals surface area contributed by atoms with Crippen molar-refractivity contribution in [1.82, 2.24) is 15.1 Å². The maximum absolute atomic E-state index is 12.0. The van der Waals surface area contributed by atoms with E-state index >= 15 is 0 Å². The summed E-state index contributed by atoms with van der Waals surface area (Å²) in [6.45, 7) is 3.00. The van der Waals surface area contributed by atoms with E-state index in [1.54, 1.807) is 6.07 Å². The highest BCUT2D eigenvalue weighted by Gasteiger charge is 2.35. The van der Waals surface area contributed by atoms with Crippen molar-refractivity contribution in [2.75, 3.05) is 13.1 Å². The second-order valence-corrected chi connectivity index (χ2v) is 9.15. The Hall–Kier alpha value is -3.16. The van der Waals surface area contributed by atoms with Gasteiger partial charge in [0.25, 0.3) is 0 Å². The number of carboxylic acids is 2. The van der Waals surface area contributed by atoms with Crippen LogP contribution in [0, 0.1) is 12.8 Å². The molecule has 3 N–H and O–H groups in total. The number of rotatable bonds is 8. The van der Waals surface area contributed by atoms with E-state index in [-0.39, 0.29) is 0 Å². The number of carbonyl (C=O) groups is 2. The van der Waals surface area contributed by atoms with Crippen molar-refractivity contribution in [2.24, 2.45) is 5.92 Å². The van der Waals surface area contributed by atoms with Gasteiger partial charge >= 0.3 is 11.9 Å². The third-order valence-corrected chi connectivity index (χ3v) is 6.75. The number of hydrogen-bond donors (Lipinski definition) is 3. The lowest BCUT2D eigenvalue weighted by atomic mass is 9.81. The molecule has 2 atom stereocenters. The first-order valence-electron chi connectivity index (χ1n) is 11.4. The minimum Gasteiger partial charge on any atom is -0.481 e. The van der Waals surface area contributed by atoms with Gasteiger partial charge in [0.1, 0.15) is 0 Å². The molecule has 178 valence electrons. The van der Waals surface area contributed by atoms with E-state index < -0.39 is 30.2 Å². The Morgan fingerprint density at radius 1 is 1.18 bits per heavy atom. The van der Waals surface area contributed by atoms with Crippen molar-refractivity contribution in [1.29, 1.82) is 0 Å². The molecule has 8 heteroatoms. The van der Waals surface area contributed by atoms with Crippen LogP contribution in [0.2, 0.25) is 5.02 Å². The summed E-state index contributed by atoms with van der Waals surface area (Å²) in [7, 11) is 0. The molecule has 0 aliphatic carbocycles. The molecule has 1 aromatic heterocycles. The van der Waals surface area contributed by atoms with E-state index in [9.17, 15) is 19.8 Å². The fraction of sp³-hybridized carbons (Fsp3) is 0.346. The van der Waals surface area contributed by atoms with E-state index in [1.807, 2.05) is 35.9 Å². The van der Waals surface area contributed by atoms with Crippen LogP contribution in [-0.4, -0.2) is 45.0 Å². The molecular formula is C26H28ClN3O4. The predicted molar refractivity (Wildman–Crippen MR) is 130 cm³/mol. The molecule has 0 saturated heterocycles. The number of benzene rings is 2. The molecule has 0 bridgehead atoms. The lowest BCUT2D eigenvalue weighted by molar-refractivity contribution is -0.149. The fourth-order valence-corrected chi connectivity index (χ4v) is 5.05. The van der Waals surface area contributed by atoms with E-state index in [0.717, 1.165) is 41.0 Å². The number of aromatic nitrogens is 2. The van der Waals surface area contributed by atoms with Crippen LogP contribution in [-0.2, 0) is 28.9 Å². The second-order valence-electron chi connectivity index (χ2n) is 8.74. The minimum atomic E-state index is -1.13. The molecule has 4 rings (SSSR count). The summed E-state index contributed by atoms with van der Waals surface area (Å²) in [6.07, 6.45) is 1.86. The van der Waals surface area contributed by atoms with Crippen molar-refractivity contribution in [2.45, 2.75) is 38.5 Å². The van der Waals surface area contributed by atoms with E-state index in [2.05, 4.69) is 23.5 Å². The van der Waals surface area contributed by atoms with E-state index in [0.29, 0.717) is 24.5 Å². The van der Waals surface area contributed by atoms with Gasteiger partial charge in [-0.3, -0.25) is 9.59 Å². The van der Waals surface area contributed by atoms with Crippen LogP contribution in [0.5, 0.6) is 0 Å². The standard InChI is InChI=1S/C26H28ClN3O4/c1-16-13-18(8-7-17-5-3-2-4-6-17)29-30(16)25-20-11-12-28-15-22(19(20)9-10-23(25)27)21(26(33)34)14-24(31)32/h2-6,9-10,13,21-22,28H,7-8,11-12,14-15H2,1H3,(H,31,32)(H,33,34). The molecule has 1 aliphatic rings. The van der Waals surface area contributed by atoms with Gasteiger partial charge in [-0.05, 0) is 61.6 Å².